The molecule has 0 radical (unpaired) electrons. The van der Waals surface area contributed by atoms with Gasteiger partial charge in [-0.05, 0) is 36.8 Å². The average Bonchev–Trinajstić information content (AvgIpc) is 3.40. The molecule has 8 heteroatoms. The summed E-state index contributed by atoms with van der Waals surface area (Å²) in [5.74, 6) is -3.38. The molecule has 0 saturated carbocycles. The zero-order chi connectivity index (χ0) is 22.4. The number of rotatable bonds is 6. The molecule has 1 aromatic carbocycles. The van der Waals surface area contributed by atoms with Gasteiger partial charge in [0, 0.05) is 10.4 Å². The van der Waals surface area contributed by atoms with E-state index >= 15 is 0 Å². The summed E-state index contributed by atoms with van der Waals surface area (Å²) < 4.78 is 5.69. The van der Waals surface area contributed by atoms with Crippen molar-refractivity contribution >= 4 is 34.1 Å². The van der Waals surface area contributed by atoms with Crippen LogP contribution in [0.2, 0.25) is 0 Å². The van der Waals surface area contributed by atoms with Gasteiger partial charge in [0.2, 0.25) is 5.91 Å². The number of nitrogens with one attached hydrogen (secondary N) is 1. The number of hydrogen-bond acceptors (Lipinski definition) is 5. The summed E-state index contributed by atoms with van der Waals surface area (Å²) in [6, 6.07) is 7.94. The molecule has 3 heterocycles. The Morgan fingerprint density at radius 1 is 1.13 bits per heavy atom. The van der Waals surface area contributed by atoms with E-state index in [4.69, 9.17) is 10.5 Å². The highest BCUT2D eigenvalue weighted by atomic mass is 32.1. The summed E-state index contributed by atoms with van der Waals surface area (Å²) in [5, 5.41) is 12.7. The van der Waals surface area contributed by atoms with Crippen LogP contribution in [0.25, 0.3) is 11.1 Å². The van der Waals surface area contributed by atoms with Crippen molar-refractivity contribution in [2.75, 3.05) is 5.32 Å². The number of carboxylic acids is 1. The first-order chi connectivity index (χ1) is 14.7. The molecule has 2 amide bonds. The quantitative estimate of drug-likeness (QED) is 0.629. The summed E-state index contributed by atoms with van der Waals surface area (Å²) in [4.78, 5) is 38.0. The molecule has 2 aliphatic heterocycles. The Bertz CT molecular complexity index is 1040. The maximum absolute atomic E-state index is 13.1. The van der Waals surface area contributed by atoms with Crippen LogP contribution in [0.1, 0.15) is 53.4 Å². The first-order valence-corrected chi connectivity index (χ1v) is 11.2. The number of ether oxygens (including phenoxy) is 1. The number of nitrogens with two attached hydrogens (primary N) is 1. The van der Waals surface area contributed by atoms with Crippen LogP contribution in [-0.2, 0) is 14.3 Å². The number of thiophene rings is 1. The second kappa shape index (κ2) is 8.09. The molecule has 1 aromatic heterocycles. The van der Waals surface area contributed by atoms with Crippen molar-refractivity contribution in [1.82, 2.24) is 0 Å². The number of carbonyl (C=O) groups excluding carboxylic acids is 2. The molecule has 2 bridgehead atoms. The van der Waals surface area contributed by atoms with Crippen molar-refractivity contribution in [2.24, 2.45) is 17.6 Å². The third kappa shape index (κ3) is 3.74. The molecule has 31 heavy (non-hydrogen) atoms. The van der Waals surface area contributed by atoms with E-state index in [9.17, 15) is 19.5 Å². The maximum Gasteiger partial charge on any atom is 0.310 e. The summed E-state index contributed by atoms with van der Waals surface area (Å²) in [6.45, 7) is 6.09. The van der Waals surface area contributed by atoms with Crippen molar-refractivity contribution in [3.05, 3.63) is 40.3 Å². The molecule has 2 aliphatic rings. The van der Waals surface area contributed by atoms with Gasteiger partial charge in [0.25, 0.3) is 5.91 Å². The Hall–Kier alpha value is -2.71. The minimum atomic E-state index is -1.03. The zero-order valence-corrected chi connectivity index (χ0v) is 18.5. The highest BCUT2D eigenvalue weighted by Crippen LogP contribution is 2.45. The zero-order valence-electron chi connectivity index (χ0n) is 17.7. The minimum Gasteiger partial charge on any atom is -0.481 e. The van der Waals surface area contributed by atoms with Crippen LogP contribution in [0.3, 0.4) is 0 Å². The Labute approximate surface area is 184 Å². The molecule has 2 aromatic rings. The van der Waals surface area contributed by atoms with Gasteiger partial charge >= 0.3 is 5.97 Å². The number of primary amides is 1. The number of carbonyl (C=O) groups is 3. The van der Waals surface area contributed by atoms with E-state index in [1.165, 1.54) is 16.9 Å². The lowest BCUT2D eigenvalue weighted by Gasteiger charge is -2.23. The number of aliphatic carboxylic acids is 1. The van der Waals surface area contributed by atoms with E-state index in [2.05, 4.69) is 19.2 Å². The van der Waals surface area contributed by atoms with Crippen molar-refractivity contribution in [2.45, 2.75) is 51.7 Å². The lowest BCUT2D eigenvalue weighted by Crippen LogP contribution is -2.41. The van der Waals surface area contributed by atoms with Crippen molar-refractivity contribution < 1.29 is 24.2 Å². The van der Waals surface area contributed by atoms with E-state index in [-0.39, 0.29) is 5.56 Å². The SMILES string of the molecule is Cc1sc(NC(=O)[C@@H]2[C@H](C(=O)O)[C@H]3CC[C@H]2O3)c(C(N)=O)c1-c1ccc(C(C)C)cc1. The van der Waals surface area contributed by atoms with Gasteiger partial charge in [0.1, 0.15) is 5.00 Å². The fourth-order valence-corrected chi connectivity index (χ4v) is 5.85. The van der Waals surface area contributed by atoms with E-state index in [0.717, 1.165) is 10.4 Å². The van der Waals surface area contributed by atoms with Gasteiger partial charge in [-0.1, -0.05) is 38.1 Å². The van der Waals surface area contributed by atoms with Crippen molar-refractivity contribution in [1.29, 1.82) is 0 Å². The number of amides is 2. The highest BCUT2D eigenvalue weighted by Gasteiger charge is 2.55. The second-order valence-corrected chi connectivity index (χ2v) is 9.77. The molecule has 0 aliphatic carbocycles. The summed E-state index contributed by atoms with van der Waals surface area (Å²) in [7, 11) is 0. The predicted molar refractivity (Wildman–Crippen MR) is 118 cm³/mol. The number of carboxylic acid groups (broad SMARTS) is 1. The van der Waals surface area contributed by atoms with Crippen LogP contribution in [0.15, 0.2) is 24.3 Å². The van der Waals surface area contributed by atoms with Gasteiger partial charge in [0.15, 0.2) is 0 Å². The van der Waals surface area contributed by atoms with Crippen molar-refractivity contribution in [3.8, 4) is 11.1 Å². The molecule has 164 valence electrons. The fraction of sp³-hybridized carbons (Fsp3) is 0.435. The van der Waals surface area contributed by atoms with Gasteiger partial charge in [0.05, 0.1) is 29.6 Å². The van der Waals surface area contributed by atoms with Gasteiger partial charge < -0.3 is 20.9 Å². The fourth-order valence-electron chi connectivity index (χ4n) is 4.77. The Morgan fingerprint density at radius 3 is 2.29 bits per heavy atom. The van der Waals surface area contributed by atoms with Crippen LogP contribution < -0.4 is 11.1 Å². The van der Waals surface area contributed by atoms with Crippen LogP contribution in [0.4, 0.5) is 5.00 Å². The third-order valence-electron chi connectivity index (χ3n) is 6.29. The number of hydrogen-bond donors (Lipinski definition) is 3. The topological polar surface area (TPSA) is 119 Å². The average molecular weight is 443 g/mol. The van der Waals surface area contributed by atoms with E-state index in [1.54, 1.807) is 0 Å². The number of anilines is 1. The normalized spacial score (nSPS) is 24.5. The van der Waals surface area contributed by atoms with Crippen LogP contribution >= 0.6 is 11.3 Å². The highest BCUT2D eigenvalue weighted by molar-refractivity contribution is 7.17. The number of aryl methyl sites for hydroxylation is 1. The monoisotopic (exact) mass is 442 g/mol. The molecule has 2 fully saturated rings. The molecule has 2 saturated heterocycles. The second-order valence-electron chi connectivity index (χ2n) is 8.55. The molecule has 0 spiro atoms. The van der Waals surface area contributed by atoms with Crippen LogP contribution in [-0.4, -0.2) is 35.1 Å². The Morgan fingerprint density at radius 2 is 1.74 bits per heavy atom. The Kier molecular flexibility index (Phi) is 5.61. The summed E-state index contributed by atoms with van der Waals surface area (Å²) >= 11 is 1.27. The lowest BCUT2D eigenvalue weighted by molar-refractivity contribution is -0.147. The third-order valence-corrected chi connectivity index (χ3v) is 7.32. The Balaban J connectivity index is 1.67. The van der Waals surface area contributed by atoms with E-state index in [1.807, 2.05) is 31.2 Å². The first kappa shape index (κ1) is 21.5. The van der Waals surface area contributed by atoms with Gasteiger partial charge in [-0.25, -0.2) is 0 Å². The van der Waals surface area contributed by atoms with Crippen LogP contribution in [0.5, 0.6) is 0 Å². The first-order valence-electron chi connectivity index (χ1n) is 10.4. The lowest BCUT2D eigenvalue weighted by atomic mass is 9.78. The number of fused-ring (bicyclic) bond motifs is 2. The number of benzene rings is 1. The van der Waals surface area contributed by atoms with Crippen molar-refractivity contribution in [3.63, 3.8) is 0 Å². The van der Waals surface area contributed by atoms with E-state index in [0.29, 0.717) is 29.3 Å². The molecule has 7 nitrogen and oxygen atoms in total. The molecule has 0 unspecified atom stereocenters. The molecule has 4 N–H and O–H groups in total. The van der Waals surface area contributed by atoms with Gasteiger partial charge in [-0.3, -0.25) is 14.4 Å². The largest absolute Gasteiger partial charge is 0.481 e. The van der Waals surface area contributed by atoms with Gasteiger partial charge in [-0.15, -0.1) is 11.3 Å². The summed E-state index contributed by atoms with van der Waals surface area (Å²) in [6.07, 6.45) is 0.458. The summed E-state index contributed by atoms with van der Waals surface area (Å²) in [5.41, 5.74) is 8.69. The molecular formula is C23H26N2O5S. The molecule has 4 atom stereocenters. The van der Waals surface area contributed by atoms with Gasteiger partial charge in [-0.2, -0.15) is 0 Å². The van der Waals surface area contributed by atoms with E-state index < -0.39 is 41.8 Å². The van der Waals surface area contributed by atoms with Crippen LogP contribution in [0, 0.1) is 18.8 Å². The maximum atomic E-state index is 13.1. The standard InChI is InChI=1S/C23H26N2O5S/c1-10(2)12-4-6-13(7-5-12)16-11(3)31-22(19(16)20(24)26)25-21(27)17-14-8-9-15(30-14)18(17)23(28)29/h4-7,10,14-15,17-18H,8-9H2,1-3H3,(H2,24,26)(H,25,27)(H,28,29)/t14-,15-,17+,18-/m1/s1. The molecule has 4 rings (SSSR count). The molecular weight excluding hydrogens is 416 g/mol. The predicted octanol–water partition coefficient (Wildman–Crippen LogP) is 3.76. The smallest absolute Gasteiger partial charge is 0.310 e. The minimum absolute atomic E-state index is 0.254.